The number of ether oxygens (including phenoxy) is 2. The van der Waals surface area contributed by atoms with E-state index in [4.69, 9.17) is 9.47 Å². The number of aryl methyl sites for hydroxylation is 1. The van der Waals surface area contributed by atoms with E-state index in [9.17, 15) is 4.79 Å². The highest BCUT2D eigenvalue weighted by Crippen LogP contribution is 2.19. The highest BCUT2D eigenvalue weighted by Gasteiger charge is 2.17. The lowest BCUT2D eigenvalue weighted by Crippen LogP contribution is -2.32. The Labute approximate surface area is 170 Å². The van der Waals surface area contributed by atoms with Crippen LogP contribution in [0.4, 0.5) is 0 Å². The summed E-state index contributed by atoms with van der Waals surface area (Å²) >= 11 is 1.39. The van der Waals surface area contributed by atoms with Crippen molar-refractivity contribution in [1.29, 1.82) is 0 Å². The molecular formula is C20H28N4O3S. The van der Waals surface area contributed by atoms with Crippen molar-refractivity contribution in [1.82, 2.24) is 20.1 Å². The van der Waals surface area contributed by atoms with E-state index in [1.54, 1.807) is 0 Å². The standard InChI is InChI=1S/C20H28N4O3S/c1-3-15-7-9-16(10-8-15)27-13-18-22-23-20(24(18)4-2)28-14-19(25)21-12-17-6-5-11-26-17/h7-10,17H,3-6,11-14H2,1-2H3,(H,21,25)/t17-/m0/s1. The average molecular weight is 405 g/mol. The number of thioether (sulfide) groups is 1. The molecule has 0 radical (unpaired) electrons. The lowest BCUT2D eigenvalue weighted by molar-refractivity contribution is -0.119. The Morgan fingerprint density at radius 1 is 1.32 bits per heavy atom. The number of benzene rings is 1. The topological polar surface area (TPSA) is 78.3 Å². The Balaban J connectivity index is 1.48. The summed E-state index contributed by atoms with van der Waals surface area (Å²) in [6, 6.07) is 8.08. The monoisotopic (exact) mass is 404 g/mol. The van der Waals surface area contributed by atoms with Gasteiger partial charge in [-0.05, 0) is 43.9 Å². The summed E-state index contributed by atoms with van der Waals surface area (Å²) in [7, 11) is 0. The van der Waals surface area contributed by atoms with Crippen molar-refractivity contribution in [3.63, 3.8) is 0 Å². The number of hydrogen-bond donors (Lipinski definition) is 1. The number of amides is 1. The molecule has 1 aromatic heterocycles. The zero-order valence-electron chi connectivity index (χ0n) is 16.5. The first kappa shape index (κ1) is 20.7. The van der Waals surface area contributed by atoms with Crippen molar-refractivity contribution in [2.45, 2.75) is 57.5 Å². The van der Waals surface area contributed by atoms with Crippen LogP contribution in [0.15, 0.2) is 29.4 Å². The van der Waals surface area contributed by atoms with Crippen LogP contribution in [0.1, 0.15) is 38.1 Å². The number of nitrogens with zero attached hydrogens (tertiary/aromatic N) is 3. The molecule has 1 fully saturated rings. The molecule has 8 heteroatoms. The molecule has 0 aliphatic carbocycles. The van der Waals surface area contributed by atoms with Gasteiger partial charge in [-0.1, -0.05) is 30.8 Å². The maximum Gasteiger partial charge on any atom is 0.230 e. The van der Waals surface area contributed by atoms with Crippen molar-refractivity contribution in [3.05, 3.63) is 35.7 Å². The number of carbonyl (C=O) groups is 1. The van der Waals surface area contributed by atoms with Crippen molar-refractivity contribution in [2.24, 2.45) is 0 Å². The first-order valence-corrected chi connectivity index (χ1v) is 10.8. The van der Waals surface area contributed by atoms with Crippen molar-refractivity contribution in [3.8, 4) is 5.75 Å². The molecule has 1 saturated heterocycles. The van der Waals surface area contributed by atoms with Gasteiger partial charge in [0.25, 0.3) is 0 Å². The molecule has 2 aromatic rings. The summed E-state index contributed by atoms with van der Waals surface area (Å²) < 4.78 is 13.3. The van der Waals surface area contributed by atoms with Gasteiger partial charge in [-0.2, -0.15) is 0 Å². The molecule has 1 amide bonds. The van der Waals surface area contributed by atoms with Gasteiger partial charge in [0.2, 0.25) is 5.91 Å². The van der Waals surface area contributed by atoms with Gasteiger partial charge in [-0.25, -0.2) is 0 Å². The Morgan fingerprint density at radius 2 is 2.14 bits per heavy atom. The quantitative estimate of drug-likeness (QED) is 0.614. The van der Waals surface area contributed by atoms with Crippen molar-refractivity contribution < 1.29 is 14.3 Å². The van der Waals surface area contributed by atoms with Crippen LogP contribution in [-0.2, 0) is 29.1 Å². The first-order valence-electron chi connectivity index (χ1n) is 9.84. The van der Waals surface area contributed by atoms with Gasteiger partial charge in [0.05, 0.1) is 11.9 Å². The third-order valence-electron chi connectivity index (χ3n) is 4.69. The van der Waals surface area contributed by atoms with E-state index in [2.05, 4.69) is 34.6 Å². The first-order chi connectivity index (χ1) is 13.7. The van der Waals surface area contributed by atoms with Crippen LogP contribution in [0.5, 0.6) is 5.75 Å². The molecule has 2 heterocycles. The van der Waals surface area contributed by atoms with Crippen molar-refractivity contribution >= 4 is 17.7 Å². The molecule has 3 rings (SSSR count). The second-order valence-electron chi connectivity index (χ2n) is 6.66. The van der Waals surface area contributed by atoms with Crippen LogP contribution >= 0.6 is 11.8 Å². The van der Waals surface area contributed by atoms with E-state index < -0.39 is 0 Å². The molecule has 1 aliphatic heterocycles. The molecule has 1 N–H and O–H groups in total. The Bertz CT molecular complexity index is 757. The summed E-state index contributed by atoms with van der Waals surface area (Å²) in [6.45, 7) is 6.60. The molecule has 1 aromatic carbocycles. The van der Waals surface area contributed by atoms with Gasteiger partial charge < -0.3 is 19.4 Å². The lowest BCUT2D eigenvalue weighted by Gasteiger charge is -2.11. The summed E-state index contributed by atoms with van der Waals surface area (Å²) in [5.74, 6) is 1.86. The fraction of sp³-hybridized carbons (Fsp3) is 0.550. The molecule has 1 atom stereocenters. The lowest BCUT2D eigenvalue weighted by atomic mass is 10.2. The zero-order valence-corrected chi connectivity index (χ0v) is 17.3. The minimum Gasteiger partial charge on any atom is -0.486 e. The predicted octanol–water partition coefficient (Wildman–Crippen LogP) is 2.83. The van der Waals surface area contributed by atoms with Gasteiger partial charge in [0, 0.05) is 19.7 Å². The maximum atomic E-state index is 12.1. The van der Waals surface area contributed by atoms with Crippen LogP contribution in [0, 0.1) is 0 Å². The van der Waals surface area contributed by atoms with E-state index in [0.717, 1.165) is 49.1 Å². The predicted molar refractivity (Wildman–Crippen MR) is 109 cm³/mol. The number of aromatic nitrogens is 3. The summed E-state index contributed by atoms with van der Waals surface area (Å²) in [6.07, 6.45) is 3.25. The smallest absolute Gasteiger partial charge is 0.230 e. The fourth-order valence-electron chi connectivity index (χ4n) is 3.03. The van der Waals surface area contributed by atoms with E-state index >= 15 is 0 Å². The van der Waals surface area contributed by atoms with Crippen LogP contribution in [0.3, 0.4) is 0 Å². The highest BCUT2D eigenvalue weighted by atomic mass is 32.2. The fourth-order valence-corrected chi connectivity index (χ4v) is 3.88. The van der Waals surface area contributed by atoms with Gasteiger partial charge >= 0.3 is 0 Å². The second kappa shape index (κ2) is 10.5. The normalized spacial score (nSPS) is 16.3. The molecule has 1 aliphatic rings. The Morgan fingerprint density at radius 3 is 2.82 bits per heavy atom. The number of nitrogens with one attached hydrogen (secondary N) is 1. The van der Waals surface area contributed by atoms with Crippen LogP contribution < -0.4 is 10.1 Å². The van der Waals surface area contributed by atoms with Crippen molar-refractivity contribution in [2.75, 3.05) is 18.9 Å². The van der Waals surface area contributed by atoms with E-state index in [-0.39, 0.29) is 12.0 Å². The van der Waals surface area contributed by atoms with Crippen LogP contribution in [0.25, 0.3) is 0 Å². The third kappa shape index (κ3) is 5.72. The molecule has 28 heavy (non-hydrogen) atoms. The molecule has 0 spiro atoms. The molecule has 0 saturated carbocycles. The third-order valence-corrected chi connectivity index (χ3v) is 5.66. The van der Waals surface area contributed by atoms with E-state index in [1.165, 1.54) is 17.3 Å². The molecule has 0 bridgehead atoms. The summed E-state index contributed by atoms with van der Waals surface area (Å²) in [5, 5.41) is 12.1. The number of rotatable bonds is 10. The molecule has 0 unspecified atom stereocenters. The molecule has 7 nitrogen and oxygen atoms in total. The molecule has 152 valence electrons. The highest BCUT2D eigenvalue weighted by molar-refractivity contribution is 7.99. The number of hydrogen-bond acceptors (Lipinski definition) is 6. The summed E-state index contributed by atoms with van der Waals surface area (Å²) in [4.78, 5) is 12.1. The van der Waals surface area contributed by atoms with E-state index in [1.807, 2.05) is 23.6 Å². The number of carbonyl (C=O) groups excluding carboxylic acids is 1. The largest absolute Gasteiger partial charge is 0.486 e. The molecular weight excluding hydrogens is 376 g/mol. The van der Waals surface area contributed by atoms with Crippen LogP contribution in [0.2, 0.25) is 0 Å². The second-order valence-corrected chi connectivity index (χ2v) is 7.60. The Kier molecular flexibility index (Phi) is 7.73. The van der Waals surface area contributed by atoms with Gasteiger partial charge in [-0.3, -0.25) is 4.79 Å². The van der Waals surface area contributed by atoms with Gasteiger partial charge in [-0.15, -0.1) is 10.2 Å². The minimum atomic E-state index is -0.0139. The Hall–Kier alpha value is -2.06. The summed E-state index contributed by atoms with van der Waals surface area (Å²) in [5.41, 5.74) is 1.28. The minimum absolute atomic E-state index is 0.0139. The zero-order chi connectivity index (χ0) is 19.8. The van der Waals surface area contributed by atoms with Gasteiger partial charge in [0.15, 0.2) is 11.0 Å². The SMILES string of the molecule is CCc1ccc(OCc2nnc(SCC(=O)NC[C@@H]3CCCO3)n2CC)cc1. The van der Waals surface area contributed by atoms with Crippen LogP contribution in [-0.4, -0.2) is 45.7 Å². The maximum absolute atomic E-state index is 12.1. The van der Waals surface area contributed by atoms with Gasteiger partial charge in [0.1, 0.15) is 12.4 Å². The average Bonchev–Trinajstić information content (AvgIpc) is 3.38. The van der Waals surface area contributed by atoms with E-state index in [0.29, 0.717) is 18.9 Å².